The summed E-state index contributed by atoms with van der Waals surface area (Å²) in [6, 6.07) is 0. The van der Waals surface area contributed by atoms with Crippen LogP contribution in [0.25, 0.3) is 0 Å². The highest BCUT2D eigenvalue weighted by Gasteiger charge is 2.22. The molecule has 0 radical (unpaired) electrons. The van der Waals surface area contributed by atoms with Crippen LogP contribution in [-0.2, 0) is 28.2 Å². The van der Waals surface area contributed by atoms with Gasteiger partial charge in [0.15, 0.2) is 6.10 Å². The van der Waals surface area contributed by atoms with E-state index in [4.69, 9.17) is 19.3 Å². The van der Waals surface area contributed by atoms with Gasteiger partial charge in [0.05, 0.1) is 6.61 Å². The molecule has 0 rings (SSSR count). The Balaban J connectivity index is 3.90. The Morgan fingerprint density at radius 1 is 0.490 bits per heavy atom. The predicted octanol–water partition coefficient (Wildman–Crippen LogP) is 12.8. The molecule has 0 unspecified atom stereocenters. The number of hydrogen-bond donors (Lipinski definition) is 2. The molecule has 0 bridgehead atoms. The van der Waals surface area contributed by atoms with Crippen LogP contribution in [-0.4, -0.2) is 41.0 Å². The molecule has 0 aliphatic rings. The van der Waals surface area contributed by atoms with Gasteiger partial charge in [-0.05, 0) is 64.2 Å². The van der Waals surface area contributed by atoms with E-state index in [2.05, 4.69) is 42.7 Å². The van der Waals surface area contributed by atoms with Crippen LogP contribution in [0.3, 0.4) is 0 Å². The standard InChI is InChI=1S/C42H79O8P/c1-3-5-7-9-11-13-15-17-19-20-21-22-23-25-27-29-31-33-35-37-42(44)50-40(39-49-51(45,46)47)38-48-41(43)36-34-32-30-28-26-24-18-16-14-12-10-8-6-4-2/h16-19,40H,3-15,20-39H2,1-2H3,(H2,45,46,47)/b18-16+,19-17+/t40-/m1/s1. The zero-order chi connectivity index (χ0) is 37.5. The number of carbonyl (C=O) groups is 2. The Morgan fingerprint density at radius 2 is 0.824 bits per heavy atom. The lowest BCUT2D eigenvalue weighted by atomic mass is 10.1. The second-order valence-electron chi connectivity index (χ2n) is 14.3. The normalized spacial score (nSPS) is 12.6. The van der Waals surface area contributed by atoms with Crippen molar-refractivity contribution in [3.8, 4) is 0 Å². The minimum Gasteiger partial charge on any atom is -0.462 e. The fourth-order valence-corrected chi connectivity index (χ4v) is 6.37. The molecule has 9 heteroatoms. The summed E-state index contributed by atoms with van der Waals surface area (Å²) < 4.78 is 26.4. The van der Waals surface area contributed by atoms with E-state index < -0.39 is 32.5 Å². The third-order valence-electron chi connectivity index (χ3n) is 9.19. The molecular weight excluding hydrogens is 663 g/mol. The van der Waals surface area contributed by atoms with Crippen molar-refractivity contribution in [1.29, 1.82) is 0 Å². The highest BCUT2D eigenvalue weighted by atomic mass is 31.2. The summed E-state index contributed by atoms with van der Waals surface area (Å²) in [7, 11) is -4.75. The first-order chi connectivity index (χ1) is 24.8. The summed E-state index contributed by atoms with van der Waals surface area (Å²) in [5.74, 6) is -0.891. The number of esters is 2. The fraction of sp³-hybridized carbons (Fsp3) is 0.857. The number of hydrogen-bond acceptors (Lipinski definition) is 6. The first kappa shape index (κ1) is 49.5. The van der Waals surface area contributed by atoms with Crippen molar-refractivity contribution in [1.82, 2.24) is 0 Å². The van der Waals surface area contributed by atoms with E-state index in [0.29, 0.717) is 12.8 Å². The number of allylic oxidation sites excluding steroid dienone is 4. The van der Waals surface area contributed by atoms with Gasteiger partial charge in [-0.25, -0.2) is 4.57 Å². The topological polar surface area (TPSA) is 119 Å². The van der Waals surface area contributed by atoms with Crippen LogP contribution >= 0.6 is 7.82 Å². The van der Waals surface area contributed by atoms with Crippen molar-refractivity contribution >= 4 is 19.8 Å². The molecule has 1 atom stereocenters. The predicted molar refractivity (Wildman–Crippen MR) is 212 cm³/mol. The third-order valence-corrected chi connectivity index (χ3v) is 9.68. The minimum atomic E-state index is -4.75. The Morgan fingerprint density at radius 3 is 1.20 bits per heavy atom. The van der Waals surface area contributed by atoms with E-state index in [9.17, 15) is 14.2 Å². The van der Waals surface area contributed by atoms with E-state index in [-0.39, 0.29) is 19.4 Å². The smallest absolute Gasteiger partial charge is 0.462 e. The Bertz CT molecular complexity index is 884. The molecule has 2 N–H and O–H groups in total. The minimum absolute atomic E-state index is 0.210. The summed E-state index contributed by atoms with van der Waals surface area (Å²) in [5, 5.41) is 0. The lowest BCUT2D eigenvalue weighted by Crippen LogP contribution is -2.29. The molecule has 0 saturated carbocycles. The molecule has 0 fully saturated rings. The monoisotopic (exact) mass is 743 g/mol. The van der Waals surface area contributed by atoms with Crippen LogP contribution in [0.5, 0.6) is 0 Å². The number of carbonyl (C=O) groups excluding carboxylic acids is 2. The lowest BCUT2D eigenvalue weighted by molar-refractivity contribution is -0.161. The van der Waals surface area contributed by atoms with Crippen LogP contribution < -0.4 is 0 Å². The third kappa shape index (κ3) is 41.2. The number of ether oxygens (including phenoxy) is 2. The molecule has 8 nitrogen and oxygen atoms in total. The summed E-state index contributed by atoms with van der Waals surface area (Å²) >= 11 is 0. The number of unbranched alkanes of at least 4 members (excludes halogenated alkanes) is 25. The van der Waals surface area contributed by atoms with Gasteiger partial charge in [0, 0.05) is 12.8 Å². The van der Waals surface area contributed by atoms with Gasteiger partial charge in [0.1, 0.15) is 6.61 Å². The molecule has 0 saturated heterocycles. The van der Waals surface area contributed by atoms with Crippen molar-refractivity contribution in [2.24, 2.45) is 0 Å². The van der Waals surface area contributed by atoms with Gasteiger partial charge in [0.25, 0.3) is 0 Å². The van der Waals surface area contributed by atoms with Crippen molar-refractivity contribution in [2.45, 2.75) is 219 Å². The van der Waals surface area contributed by atoms with Gasteiger partial charge in [-0.2, -0.15) is 0 Å². The van der Waals surface area contributed by atoms with Gasteiger partial charge < -0.3 is 19.3 Å². The molecule has 0 amide bonds. The largest absolute Gasteiger partial charge is 0.469 e. The molecule has 0 aliphatic heterocycles. The Labute approximate surface area is 313 Å². The van der Waals surface area contributed by atoms with Crippen LogP contribution in [0.1, 0.15) is 213 Å². The molecule has 0 aromatic heterocycles. The maximum atomic E-state index is 12.4. The van der Waals surface area contributed by atoms with Gasteiger partial charge in [0.2, 0.25) is 0 Å². The van der Waals surface area contributed by atoms with Crippen LogP contribution in [0.4, 0.5) is 0 Å². The summed E-state index contributed by atoms with van der Waals surface area (Å²) in [5.41, 5.74) is 0. The quantitative estimate of drug-likeness (QED) is 0.0276. The zero-order valence-corrected chi connectivity index (χ0v) is 33.9. The van der Waals surface area contributed by atoms with Crippen molar-refractivity contribution in [3.63, 3.8) is 0 Å². The summed E-state index contributed by atoms with van der Waals surface area (Å²) in [6.07, 6.45) is 43.2. The molecule has 51 heavy (non-hydrogen) atoms. The highest BCUT2D eigenvalue weighted by Crippen LogP contribution is 2.36. The van der Waals surface area contributed by atoms with E-state index in [1.165, 1.54) is 122 Å². The van der Waals surface area contributed by atoms with Crippen molar-refractivity contribution in [3.05, 3.63) is 24.3 Å². The fourth-order valence-electron chi connectivity index (χ4n) is 6.01. The Hall–Kier alpha value is -1.47. The highest BCUT2D eigenvalue weighted by molar-refractivity contribution is 7.46. The second-order valence-corrected chi connectivity index (χ2v) is 15.5. The SMILES string of the molecule is CCCCCCC/C=C/CCCCCCCC(=O)OC[C@H](COP(=O)(O)O)OC(=O)CCCCCCCCCCC/C=C/CCCCCCCC. The average Bonchev–Trinajstić information content (AvgIpc) is 3.10. The second kappa shape index (κ2) is 38.3. The van der Waals surface area contributed by atoms with E-state index in [1.54, 1.807) is 0 Å². The van der Waals surface area contributed by atoms with Crippen LogP contribution in [0.2, 0.25) is 0 Å². The van der Waals surface area contributed by atoms with E-state index in [1.807, 2.05) is 0 Å². The van der Waals surface area contributed by atoms with E-state index in [0.717, 1.165) is 51.4 Å². The first-order valence-corrected chi connectivity index (χ1v) is 22.7. The summed E-state index contributed by atoms with van der Waals surface area (Å²) in [6.45, 7) is 3.67. The van der Waals surface area contributed by atoms with Crippen molar-refractivity contribution < 1.29 is 37.9 Å². The van der Waals surface area contributed by atoms with Crippen molar-refractivity contribution in [2.75, 3.05) is 13.2 Å². The molecule has 0 spiro atoms. The molecule has 0 aromatic carbocycles. The van der Waals surface area contributed by atoms with Crippen LogP contribution in [0.15, 0.2) is 24.3 Å². The average molecular weight is 743 g/mol. The van der Waals surface area contributed by atoms with Gasteiger partial charge in [-0.15, -0.1) is 0 Å². The lowest BCUT2D eigenvalue weighted by Gasteiger charge is -2.18. The maximum Gasteiger partial charge on any atom is 0.469 e. The molecule has 0 heterocycles. The van der Waals surface area contributed by atoms with E-state index >= 15 is 0 Å². The van der Waals surface area contributed by atoms with Gasteiger partial charge >= 0.3 is 19.8 Å². The molecular formula is C42H79O8P. The number of rotatable bonds is 39. The summed E-state index contributed by atoms with van der Waals surface area (Å²) in [4.78, 5) is 42.8. The Kier molecular flexibility index (Phi) is 37.2. The number of phosphoric acid groups is 1. The maximum absolute atomic E-state index is 12.4. The van der Waals surface area contributed by atoms with Gasteiger partial charge in [-0.3, -0.25) is 14.1 Å². The zero-order valence-electron chi connectivity index (χ0n) is 33.0. The molecule has 0 aliphatic carbocycles. The first-order valence-electron chi connectivity index (χ1n) is 21.1. The van der Waals surface area contributed by atoms with Crippen LogP contribution in [0, 0.1) is 0 Å². The van der Waals surface area contributed by atoms with Gasteiger partial charge in [-0.1, -0.05) is 160 Å². The molecule has 300 valence electrons. The molecule has 0 aromatic rings. The number of phosphoric ester groups is 1.